The topological polar surface area (TPSA) is 77.6 Å². The Hall–Kier alpha value is -3.34. The molecule has 0 fully saturated rings. The molecular weight excluding hydrogens is 286 g/mol. The monoisotopic (exact) mass is 297 g/mol. The molecule has 23 heavy (non-hydrogen) atoms. The van der Waals surface area contributed by atoms with Crippen LogP contribution in [0.5, 0.6) is 0 Å². The summed E-state index contributed by atoms with van der Waals surface area (Å²) in [6.07, 6.45) is 3.55. The summed E-state index contributed by atoms with van der Waals surface area (Å²) >= 11 is 0. The number of hydrogen-bond donors (Lipinski definition) is 1. The van der Waals surface area contributed by atoms with Crippen LogP contribution in [0.4, 0.5) is 5.69 Å². The molecule has 0 saturated heterocycles. The van der Waals surface area contributed by atoms with E-state index in [1.807, 2.05) is 42.5 Å². The molecule has 0 aliphatic heterocycles. The molecule has 0 aliphatic rings. The first kappa shape index (κ1) is 12.2. The molecule has 5 rings (SSSR count). The van der Waals surface area contributed by atoms with Crippen molar-refractivity contribution in [1.82, 2.24) is 19.9 Å². The third kappa shape index (κ3) is 1.67. The number of rotatable bonds is 0. The Bertz CT molecular complexity index is 1230. The highest BCUT2D eigenvalue weighted by molar-refractivity contribution is 6.21. The van der Waals surface area contributed by atoms with Gasteiger partial charge in [0.25, 0.3) is 0 Å². The molecule has 0 atom stereocenters. The SMILES string of the molecule is Nc1ccc2nc3c4cccnc4c4ncccc4c3nc2c1. The highest BCUT2D eigenvalue weighted by Crippen LogP contribution is 2.31. The van der Waals surface area contributed by atoms with Crippen molar-refractivity contribution in [1.29, 1.82) is 0 Å². The number of aromatic nitrogens is 4. The van der Waals surface area contributed by atoms with Crippen molar-refractivity contribution in [3.05, 3.63) is 54.9 Å². The van der Waals surface area contributed by atoms with Crippen molar-refractivity contribution in [2.24, 2.45) is 0 Å². The molecule has 5 heteroatoms. The Morgan fingerprint density at radius 1 is 0.652 bits per heavy atom. The Balaban J connectivity index is 2.14. The van der Waals surface area contributed by atoms with Gasteiger partial charge in [0.05, 0.1) is 33.1 Å². The molecule has 0 aliphatic carbocycles. The lowest BCUT2D eigenvalue weighted by atomic mass is 10.1. The molecule has 0 spiro atoms. The predicted molar refractivity (Wildman–Crippen MR) is 92.1 cm³/mol. The van der Waals surface area contributed by atoms with E-state index in [9.17, 15) is 0 Å². The Kier molecular flexibility index (Phi) is 2.30. The van der Waals surface area contributed by atoms with Crippen molar-refractivity contribution >= 4 is 49.6 Å². The van der Waals surface area contributed by atoms with E-state index >= 15 is 0 Å². The van der Waals surface area contributed by atoms with Gasteiger partial charge in [-0.15, -0.1) is 0 Å². The van der Waals surface area contributed by atoms with Crippen LogP contribution in [0, 0.1) is 0 Å². The van der Waals surface area contributed by atoms with Crippen LogP contribution in [0.15, 0.2) is 54.9 Å². The highest BCUT2D eigenvalue weighted by Gasteiger charge is 2.13. The summed E-state index contributed by atoms with van der Waals surface area (Å²) in [5, 5.41) is 1.91. The van der Waals surface area contributed by atoms with E-state index in [4.69, 9.17) is 15.7 Å². The second-order valence-corrected chi connectivity index (χ2v) is 5.47. The predicted octanol–water partition coefficient (Wildman–Crippen LogP) is 3.46. The number of pyridine rings is 2. The van der Waals surface area contributed by atoms with Crippen molar-refractivity contribution < 1.29 is 0 Å². The van der Waals surface area contributed by atoms with E-state index in [-0.39, 0.29) is 0 Å². The minimum absolute atomic E-state index is 0.677. The smallest absolute Gasteiger partial charge is 0.0996 e. The van der Waals surface area contributed by atoms with Gasteiger partial charge in [-0.3, -0.25) is 9.97 Å². The first-order chi connectivity index (χ1) is 11.3. The number of anilines is 1. The van der Waals surface area contributed by atoms with E-state index in [0.29, 0.717) is 5.69 Å². The maximum Gasteiger partial charge on any atom is 0.0996 e. The Morgan fingerprint density at radius 3 is 1.91 bits per heavy atom. The van der Waals surface area contributed by atoms with Crippen LogP contribution in [-0.2, 0) is 0 Å². The third-order valence-electron chi connectivity index (χ3n) is 4.04. The normalized spacial score (nSPS) is 11.7. The maximum absolute atomic E-state index is 5.88. The van der Waals surface area contributed by atoms with Crippen LogP contribution in [0.1, 0.15) is 0 Å². The van der Waals surface area contributed by atoms with Gasteiger partial charge in [-0.2, -0.15) is 0 Å². The Labute approximate surface area is 130 Å². The lowest BCUT2D eigenvalue weighted by Gasteiger charge is -2.08. The molecule has 0 amide bonds. The summed E-state index contributed by atoms with van der Waals surface area (Å²) in [4.78, 5) is 18.6. The number of nitrogens with zero attached hydrogens (tertiary/aromatic N) is 4. The lowest BCUT2D eigenvalue weighted by Crippen LogP contribution is -1.94. The van der Waals surface area contributed by atoms with Gasteiger partial charge in [0, 0.05) is 28.9 Å². The summed E-state index contributed by atoms with van der Waals surface area (Å²) in [5.41, 5.74) is 11.5. The van der Waals surface area contributed by atoms with Crippen molar-refractivity contribution in [2.75, 3.05) is 5.73 Å². The van der Waals surface area contributed by atoms with Gasteiger partial charge in [-0.05, 0) is 42.5 Å². The van der Waals surface area contributed by atoms with Gasteiger partial charge >= 0.3 is 0 Å². The molecule has 0 bridgehead atoms. The van der Waals surface area contributed by atoms with E-state index in [1.54, 1.807) is 12.4 Å². The molecule has 0 saturated carbocycles. The van der Waals surface area contributed by atoms with Crippen LogP contribution in [-0.4, -0.2) is 19.9 Å². The van der Waals surface area contributed by atoms with Gasteiger partial charge < -0.3 is 5.73 Å². The quantitative estimate of drug-likeness (QED) is 0.269. The van der Waals surface area contributed by atoms with Crippen LogP contribution in [0.3, 0.4) is 0 Å². The molecule has 5 nitrogen and oxygen atoms in total. The maximum atomic E-state index is 5.88. The number of hydrogen-bond acceptors (Lipinski definition) is 5. The number of nitrogens with two attached hydrogens (primary N) is 1. The first-order valence-corrected chi connectivity index (χ1v) is 7.30. The second-order valence-electron chi connectivity index (χ2n) is 5.47. The molecule has 2 N–H and O–H groups in total. The average Bonchev–Trinajstić information content (AvgIpc) is 2.60. The van der Waals surface area contributed by atoms with Gasteiger partial charge in [0.1, 0.15) is 0 Å². The number of nitrogen functional groups attached to an aromatic ring is 1. The molecule has 5 aromatic rings. The molecular formula is C18H11N5. The summed E-state index contributed by atoms with van der Waals surface area (Å²) < 4.78 is 0. The molecule has 3 heterocycles. The number of benzene rings is 2. The van der Waals surface area contributed by atoms with Crippen molar-refractivity contribution in [2.45, 2.75) is 0 Å². The van der Waals surface area contributed by atoms with Gasteiger partial charge in [0.15, 0.2) is 0 Å². The molecule has 2 aromatic carbocycles. The zero-order valence-electron chi connectivity index (χ0n) is 12.1. The van der Waals surface area contributed by atoms with E-state index in [1.165, 1.54) is 0 Å². The van der Waals surface area contributed by atoms with E-state index in [0.717, 1.165) is 43.9 Å². The van der Waals surface area contributed by atoms with Gasteiger partial charge in [0.2, 0.25) is 0 Å². The minimum atomic E-state index is 0.677. The second kappa shape index (κ2) is 4.33. The third-order valence-corrected chi connectivity index (χ3v) is 4.04. The largest absolute Gasteiger partial charge is 0.399 e. The van der Waals surface area contributed by atoms with Crippen LogP contribution in [0.25, 0.3) is 43.9 Å². The summed E-state index contributed by atoms with van der Waals surface area (Å²) in [5.74, 6) is 0. The van der Waals surface area contributed by atoms with Gasteiger partial charge in [-0.25, -0.2) is 9.97 Å². The summed E-state index contributed by atoms with van der Waals surface area (Å²) in [7, 11) is 0. The van der Waals surface area contributed by atoms with Crippen LogP contribution < -0.4 is 5.73 Å². The van der Waals surface area contributed by atoms with Crippen molar-refractivity contribution in [3.63, 3.8) is 0 Å². The van der Waals surface area contributed by atoms with Crippen molar-refractivity contribution in [3.8, 4) is 0 Å². The first-order valence-electron chi connectivity index (χ1n) is 7.30. The fourth-order valence-electron chi connectivity index (χ4n) is 3.02. The standard InChI is InChI=1S/C18H11N5/c19-10-5-6-13-14(9-10)23-18-12-4-2-8-21-16(12)15-11(17(18)22-13)3-1-7-20-15/h1-9H,19H2. The lowest BCUT2D eigenvalue weighted by molar-refractivity contribution is 1.36. The number of fused-ring (bicyclic) bond motifs is 7. The molecule has 3 aromatic heterocycles. The molecule has 108 valence electrons. The minimum Gasteiger partial charge on any atom is -0.399 e. The van der Waals surface area contributed by atoms with E-state index in [2.05, 4.69) is 9.97 Å². The van der Waals surface area contributed by atoms with Gasteiger partial charge in [-0.1, -0.05) is 0 Å². The summed E-state index contributed by atoms with van der Waals surface area (Å²) in [6, 6.07) is 13.4. The molecule has 0 radical (unpaired) electrons. The average molecular weight is 297 g/mol. The van der Waals surface area contributed by atoms with E-state index < -0.39 is 0 Å². The fourth-order valence-corrected chi connectivity index (χ4v) is 3.02. The van der Waals surface area contributed by atoms with Crippen LogP contribution >= 0.6 is 0 Å². The Morgan fingerprint density at radius 2 is 1.26 bits per heavy atom. The zero-order valence-corrected chi connectivity index (χ0v) is 12.1. The molecule has 0 unspecified atom stereocenters. The zero-order chi connectivity index (χ0) is 15.4. The highest BCUT2D eigenvalue weighted by atomic mass is 14.8. The van der Waals surface area contributed by atoms with Crippen LogP contribution in [0.2, 0.25) is 0 Å². The fraction of sp³-hybridized carbons (Fsp3) is 0. The summed E-state index contributed by atoms with van der Waals surface area (Å²) in [6.45, 7) is 0.